The number of nitrogens with one attached hydrogen (secondary N) is 2. The molecule has 1 aliphatic rings. The second-order valence-electron chi connectivity index (χ2n) is 6.34. The Morgan fingerprint density at radius 2 is 2.00 bits per heavy atom. The van der Waals surface area contributed by atoms with Gasteiger partial charge in [0.05, 0.1) is 6.54 Å². The Morgan fingerprint density at radius 1 is 1.20 bits per heavy atom. The molecular weight excluding hydrogens is 316 g/mol. The molecule has 128 valence electrons. The number of hydrogen-bond donors (Lipinski definition) is 2. The predicted octanol–water partition coefficient (Wildman–Crippen LogP) is 3.35. The molecule has 2 heterocycles. The number of hydrogen-bond acceptors (Lipinski definition) is 3. The van der Waals surface area contributed by atoms with E-state index >= 15 is 0 Å². The van der Waals surface area contributed by atoms with Crippen LogP contribution in [0.5, 0.6) is 11.5 Å². The molecule has 1 atom stereocenters. The summed E-state index contributed by atoms with van der Waals surface area (Å²) in [4.78, 5) is 15.8. The van der Waals surface area contributed by atoms with Crippen LogP contribution in [0.1, 0.15) is 21.6 Å². The SMILES string of the molecule is Cc1[nH]c2ccc(C(=O)NC[C@@H]3COc4ccccc4O3)cc2c1C. The fourth-order valence-corrected chi connectivity index (χ4v) is 3.07. The van der Waals surface area contributed by atoms with Crippen molar-refractivity contribution in [2.24, 2.45) is 0 Å². The van der Waals surface area contributed by atoms with Crippen molar-refractivity contribution >= 4 is 16.8 Å². The van der Waals surface area contributed by atoms with E-state index in [2.05, 4.69) is 17.2 Å². The van der Waals surface area contributed by atoms with E-state index in [9.17, 15) is 4.79 Å². The van der Waals surface area contributed by atoms with E-state index in [0.29, 0.717) is 24.5 Å². The van der Waals surface area contributed by atoms with E-state index in [-0.39, 0.29) is 12.0 Å². The van der Waals surface area contributed by atoms with Gasteiger partial charge in [0.2, 0.25) is 0 Å². The third kappa shape index (κ3) is 2.93. The first kappa shape index (κ1) is 15.6. The van der Waals surface area contributed by atoms with Crippen LogP contribution in [-0.4, -0.2) is 30.1 Å². The summed E-state index contributed by atoms with van der Waals surface area (Å²) in [5.74, 6) is 1.35. The Balaban J connectivity index is 1.43. The zero-order valence-electron chi connectivity index (χ0n) is 14.3. The molecule has 0 fully saturated rings. The highest BCUT2D eigenvalue weighted by Crippen LogP contribution is 2.30. The number of H-pyrrole nitrogens is 1. The predicted molar refractivity (Wildman–Crippen MR) is 96.5 cm³/mol. The molecule has 5 nitrogen and oxygen atoms in total. The van der Waals surface area contributed by atoms with Crippen LogP contribution in [0.4, 0.5) is 0 Å². The highest BCUT2D eigenvalue weighted by Gasteiger charge is 2.21. The van der Waals surface area contributed by atoms with Crippen LogP contribution in [0.3, 0.4) is 0 Å². The molecule has 5 heteroatoms. The normalized spacial score (nSPS) is 16.0. The number of aromatic nitrogens is 1. The molecule has 2 aromatic carbocycles. The number of aromatic amines is 1. The summed E-state index contributed by atoms with van der Waals surface area (Å²) in [6.45, 7) is 4.91. The molecule has 1 amide bonds. The minimum absolute atomic E-state index is 0.109. The lowest BCUT2D eigenvalue weighted by molar-refractivity contribution is 0.0789. The van der Waals surface area contributed by atoms with Crippen molar-refractivity contribution in [3.8, 4) is 11.5 Å². The second-order valence-corrected chi connectivity index (χ2v) is 6.34. The van der Waals surface area contributed by atoms with Gasteiger partial charge in [-0.2, -0.15) is 0 Å². The topological polar surface area (TPSA) is 63.4 Å². The molecular formula is C20H20N2O3. The lowest BCUT2D eigenvalue weighted by Gasteiger charge is -2.26. The van der Waals surface area contributed by atoms with Crippen molar-refractivity contribution < 1.29 is 14.3 Å². The monoisotopic (exact) mass is 336 g/mol. The van der Waals surface area contributed by atoms with E-state index in [4.69, 9.17) is 9.47 Å². The van der Waals surface area contributed by atoms with E-state index < -0.39 is 0 Å². The van der Waals surface area contributed by atoms with Gasteiger partial charge in [0.25, 0.3) is 5.91 Å². The Kier molecular flexibility index (Phi) is 3.84. The number of ether oxygens (including phenoxy) is 2. The molecule has 0 spiro atoms. The summed E-state index contributed by atoms with van der Waals surface area (Å²) in [6.07, 6.45) is -0.196. The van der Waals surface area contributed by atoms with Crippen molar-refractivity contribution in [1.29, 1.82) is 0 Å². The number of aryl methyl sites for hydroxylation is 2. The zero-order chi connectivity index (χ0) is 17.4. The van der Waals surface area contributed by atoms with Gasteiger partial charge in [0.1, 0.15) is 12.7 Å². The van der Waals surface area contributed by atoms with E-state index in [1.165, 1.54) is 5.56 Å². The Labute approximate surface area is 146 Å². The molecule has 0 bridgehead atoms. The molecule has 25 heavy (non-hydrogen) atoms. The minimum atomic E-state index is -0.196. The van der Waals surface area contributed by atoms with Crippen molar-refractivity contribution in [1.82, 2.24) is 10.3 Å². The van der Waals surface area contributed by atoms with E-state index in [1.807, 2.05) is 49.4 Å². The molecule has 3 aromatic rings. The molecule has 1 aliphatic heterocycles. The average molecular weight is 336 g/mol. The maximum absolute atomic E-state index is 12.5. The summed E-state index contributed by atoms with van der Waals surface area (Å²) in [5, 5.41) is 4.02. The summed E-state index contributed by atoms with van der Waals surface area (Å²) >= 11 is 0. The van der Waals surface area contributed by atoms with Gasteiger partial charge in [0, 0.05) is 22.2 Å². The van der Waals surface area contributed by atoms with Gasteiger partial charge in [-0.25, -0.2) is 0 Å². The van der Waals surface area contributed by atoms with Crippen LogP contribution >= 0.6 is 0 Å². The largest absolute Gasteiger partial charge is 0.486 e. The molecule has 0 saturated carbocycles. The molecule has 0 unspecified atom stereocenters. The standard InChI is InChI=1S/C20H20N2O3/c1-12-13(2)22-17-8-7-14(9-16(12)17)20(23)21-10-15-11-24-18-5-3-4-6-19(18)25-15/h3-9,15,22H,10-11H2,1-2H3,(H,21,23)/t15-/m1/s1. The van der Waals surface area contributed by atoms with Gasteiger partial charge in [-0.3, -0.25) is 4.79 Å². The maximum atomic E-state index is 12.5. The van der Waals surface area contributed by atoms with Gasteiger partial charge in [-0.15, -0.1) is 0 Å². The number of para-hydroxylation sites is 2. The number of benzene rings is 2. The summed E-state index contributed by atoms with van der Waals surface area (Å²) in [6, 6.07) is 13.3. The quantitative estimate of drug-likeness (QED) is 0.771. The Hall–Kier alpha value is -2.95. The third-order valence-corrected chi connectivity index (χ3v) is 4.63. The van der Waals surface area contributed by atoms with Crippen molar-refractivity contribution in [3.63, 3.8) is 0 Å². The summed E-state index contributed by atoms with van der Waals surface area (Å²) < 4.78 is 11.5. The second kappa shape index (κ2) is 6.16. The number of carbonyl (C=O) groups is 1. The first-order chi connectivity index (χ1) is 12.1. The van der Waals surface area contributed by atoms with Crippen LogP contribution in [0, 0.1) is 13.8 Å². The van der Waals surface area contributed by atoms with Gasteiger partial charge >= 0.3 is 0 Å². The molecule has 0 aliphatic carbocycles. The third-order valence-electron chi connectivity index (χ3n) is 4.63. The Bertz CT molecular complexity index is 945. The smallest absolute Gasteiger partial charge is 0.251 e. The van der Waals surface area contributed by atoms with E-state index in [1.54, 1.807) is 0 Å². The van der Waals surface area contributed by atoms with Gasteiger partial charge < -0.3 is 19.8 Å². The van der Waals surface area contributed by atoms with Crippen molar-refractivity contribution in [2.75, 3.05) is 13.2 Å². The van der Waals surface area contributed by atoms with Gasteiger partial charge in [-0.05, 0) is 49.7 Å². The first-order valence-electron chi connectivity index (χ1n) is 8.37. The van der Waals surface area contributed by atoms with Gasteiger partial charge in [0.15, 0.2) is 11.5 Å². The lowest BCUT2D eigenvalue weighted by atomic mass is 10.1. The van der Waals surface area contributed by atoms with Crippen LogP contribution in [-0.2, 0) is 0 Å². The minimum Gasteiger partial charge on any atom is -0.486 e. The van der Waals surface area contributed by atoms with Crippen LogP contribution < -0.4 is 14.8 Å². The fraction of sp³-hybridized carbons (Fsp3) is 0.250. The van der Waals surface area contributed by atoms with E-state index in [0.717, 1.165) is 22.3 Å². The molecule has 0 saturated heterocycles. The molecule has 2 N–H and O–H groups in total. The Morgan fingerprint density at radius 3 is 2.84 bits per heavy atom. The van der Waals surface area contributed by atoms with Crippen molar-refractivity contribution in [3.05, 3.63) is 59.3 Å². The molecule has 4 rings (SSSR count). The number of carbonyl (C=O) groups excluding carboxylic acids is 1. The molecule has 1 aromatic heterocycles. The highest BCUT2D eigenvalue weighted by molar-refractivity contribution is 5.99. The number of rotatable bonds is 3. The van der Waals surface area contributed by atoms with Gasteiger partial charge in [-0.1, -0.05) is 12.1 Å². The molecule has 0 radical (unpaired) electrons. The lowest BCUT2D eigenvalue weighted by Crippen LogP contribution is -2.40. The van der Waals surface area contributed by atoms with Crippen LogP contribution in [0.15, 0.2) is 42.5 Å². The first-order valence-corrected chi connectivity index (χ1v) is 8.37. The maximum Gasteiger partial charge on any atom is 0.251 e. The zero-order valence-corrected chi connectivity index (χ0v) is 14.3. The highest BCUT2D eigenvalue weighted by atomic mass is 16.6. The number of amides is 1. The van der Waals surface area contributed by atoms with Crippen molar-refractivity contribution in [2.45, 2.75) is 20.0 Å². The van der Waals surface area contributed by atoms with Crippen LogP contribution in [0.2, 0.25) is 0 Å². The summed E-state index contributed by atoms with van der Waals surface area (Å²) in [7, 11) is 0. The summed E-state index contributed by atoms with van der Waals surface area (Å²) in [5.41, 5.74) is 3.99. The number of fused-ring (bicyclic) bond motifs is 2. The fourth-order valence-electron chi connectivity index (χ4n) is 3.07. The average Bonchev–Trinajstić information content (AvgIpc) is 2.93. The van der Waals surface area contributed by atoms with Crippen LogP contribution in [0.25, 0.3) is 10.9 Å².